The lowest BCUT2D eigenvalue weighted by atomic mass is 10.1. The zero-order valence-electron chi connectivity index (χ0n) is 23.7. The van der Waals surface area contributed by atoms with Gasteiger partial charge >= 0.3 is 11.7 Å². The minimum atomic E-state index is -1.47. The number of hydrazine groups is 1. The predicted octanol–water partition coefficient (Wildman–Crippen LogP) is 3.33. The average Bonchev–Trinajstić information content (AvgIpc) is 2.96. The highest BCUT2D eigenvalue weighted by Gasteiger charge is 2.41. The first-order valence-electron chi connectivity index (χ1n) is 13.1. The number of guanidine groups is 1. The molecule has 0 saturated heterocycles. The van der Waals surface area contributed by atoms with Gasteiger partial charge in [0.2, 0.25) is 0 Å². The van der Waals surface area contributed by atoms with Crippen LogP contribution in [0.5, 0.6) is 23.0 Å². The number of rotatable bonds is 11. The molecule has 4 rings (SSSR count). The predicted molar refractivity (Wildman–Crippen MR) is 158 cm³/mol. The number of carbonyl (C=O) groups excluding carboxylic acids is 1. The lowest BCUT2D eigenvalue weighted by Crippen LogP contribution is -2.49. The van der Waals surface area contributed by atoms with Gasteiger partial charge in [0.25, 0.3) is 12.2 Å². The number of nitro groups is 1. The van der Waals surface area contributed by atoms with E-state index in [4.69, 9.17) is 36.3 Å². The number of nitriles is 1. The fraction of sp³-hybridized carbons (Fsp3) is 0.172. The Labute approximate surface area is 251 Å². The molecule has 0 saturated carbocycles. The molecule has 0 aliphatic carbocycles. The van der Waals surface area contributed by atoms with Gasteiger partial charge in [0, 0.05) is 12.1 Å². The van der Waals surface area contributed by atoms with E-state index in [0.717, 1.165) is 5.01 Å². The van der Waals surface area contributed by atoms with Crippen LogP contribution < -0.4 is 31.5 Å². The van der Waals surface area contributed by atoms with Gasteiger partial charge in [-0.1, -0.05) is 18.2 Å². The van der Waals surface area contributed by atoms with E-state index < -0.39 is 35.2 Å². The summed E-state index contributed by atoms with van der Waals surface area (Å²) in [6.45, 7) is 3.40. The van der Waals surface area contributed by atoms with Gasteiger partial charge in [0.1, 0.15) is 17.2 Å². The van der Waals surface area contributed by atoms with Gasteiger partial charge in [-0.2, -0.15) is 5.26 Å². The smallest absolute Gasteiger partial charge is 0.352 e. The van der Waals surface area contributed by atoms with Crippen molar-refractivity contribution in [1.29, 1.82) is 5.26 Å². The normalized spacial score (nSPS) is 14.2. The summed E-state index contributed by atoms with van der Waals surface area (Å²) in [5.41, 5.74) is 11.2. The second kappa shape index (κ2) is 13.7. The fourth-order valence-corrected chi connectivity index (χ4v) is 4.04. The number of esters is 1. The Bertz CT molecular complexity index is 1700. The minimum absolute atomic E-state index is 0.0356. The summed E-state index contributed by atoms with van der Waals surface area (Å²) in [6, 6.07) is 19.8. The Kier molecular flexibility index (Phi) is 9.58. The molecule has 15 nitrogen and oxygen atoms in total. The molecular formula is C29H28N8O7. The van der Waals surface area contributed by atoms with E-state index in [2.05, 4.69) is 9.98 Å². The molecule has 226 valence electrons. The number of hydrogen-bond donors (Lipinski definition) is 3. The van der Waals surface area contributed by atoms with Gasteiger partial charge in [-0.05, 0) is 55.8 Å². The first-order valence-corrected chi connectivity index (χ1v) is 13.1. The van der Waals surface area contributed by atoms with Crippen molar-refractivity contribution in [1.82, 2.24) is 5.01 Å². The van der Waals surface area contributed by atoms with E-state index in [-0.39, 0.29) is 41.1 Å². The third-order valence-electron chi connectivity index (χ3n) is 5.80. The third-order valence-corrected chi connectivity index (χ3v) is 5.80. The summed E-state index contributed by atoms with van der Waals surface area (Å²) in [6.07, 6.45) is -2.06. The van der Waals surface area contributed by atoms with Crippen molar-refractivity contribution in [3.8, 4) is 29.1 Å². The number of ether oxygens (including phenoxy) is 4. The molecule has 3 aromatic carbocycles. The van der Waals surface area contributed by atoms with Crippen molar-refractivity contribution in [2.75, 3.05) is 6.61 Å². The average molecular weight is 601 g/mol. The maximum absolute atomic E-state index is 12.5. The zero-order chi connectivity index (χ0) is 31.8. The first kappa shape index (κ1) is 30.8. The summed E-state index contributed by atoms with van der Waals surface area (Å²) in [5, 5.41) is 22.7. The number of aryl methyl sites for hydroxylation is 1. The molecule has 15 heteroatoms. The van der Waals surface area contributed by atoms with Crippen LogP contribution in [0, 0.1) is 28.4 Å². The van der Waals surface area contributed by atoms with Gasteiger partial charge in [-0.15, -0.1) is 0 Å². The number of hydrogen-bond acceptors (Lipinski definition) is 12. The maximum atomic E-state index is 12.5. The van der Waals surface area contributed by atoms with Crippen LogP contribution in [0.1, 0.15) is 24.5 Å². The number of aliphatic imine (C=N–C) groups is 2. The molecular weight excluding hydrogens is 572 g/mol. The quantitative estimate of drug-likeness (QED) is 0.0719. The van der Waals surface area contributed by atoms with Crippen molar-refractivity contribution in [2.24, 2.45) is 27.3 Å². The van der Waals surface area contributed by atoms with Gasteiger partial charge in [0.05, 0.1) is 35.3 Å². The molecule has 1 unspecified atom stereocenters. The molecule has 0 aromatic heterocycles. The van der Waals surface area contributed by atoms with Gasteiger partial charge in [0.15, 0.2) is 17.5 Å². The Morgan fingerprint density at radius 1 is 1.09 bits per heavy atom. The maximum Gasteiger partial charge on any atom is 0.352 e. The van der Waals surface area contributed by atoms with E-state index in [1.54, 1.807) is 56.3 Å². The molecule has 44 heavy (non-hydrogen) atoms. The number of allylic oxidation sites excluding steroid dienone is 1. The Hall–Kier alpha value is -6.14. The Morgan fingerprint density at radius 3 is 2.50 bits per heavy atom. The third kappa shape index (κ3) is 7.57. The highest BCUT2D eigenvalue weighted by molar-refractivity contribution is 6.08. The molecule has 0 bridgehead atoms. The molecule has 0 radical (unpaired) electrons. The lowest BCUT2D eigenvalue weighted by molar-refractivity contribution is -0.420. The number of para-hydroxylation sites is 1. The summed E-state index contributed by atoms with van der Waals surface area (Å²) >= 11 is 0. The van der Waals surface area contributed by atoms with Gasteiger partial charge in [-0.25, -0.2) is 20.8 Å². The topological polar surface area (TPSA) is 227 Å². The van der Waals surface area contributed by atoms with E-state index in [9.17, 15) is 20.2 Å². The fourth-order valence-electron chi connectivity index (χ4n) is 4.04. The number of nitrogens with two attached hydrogens (primary N) is 3. The first-order chi connectivity index (χ1) is 21.1. The zero-order valence-corrected chi connectivity index (χ0v) is 23.7. The van der Waals surface area contributed by atoms with Gasteiger partial charge < -0.3 is 30.4 Å². The molecule has 1 atom stereocenters. The number of carbonyl (C=O) groups is 1. The van der Waals surface area contributed by atoms with Gasteiger partial charge in [-0.3, -0.25) is 14.9 Å². The molecule has 1 aliphatic heterocycles. The molecule has 0 spiro atoms. The monoisotopic (exact) mass is 600 g/mol. The SMILES string of the molecule is CCOC(=O)CC1=NC(Oc2cc(C)cc(N=C(N)N)c2)N(N)C(Oc2cc(C#N)ccc2Oc2ccccc2)=C1[N+](=O)[O-]. The van der Waals surface area contributed by atoms with Crippen LogP contribution in [0.25, 0.3) is 0 Å². The summed E-state index contributed by atoms with van der Waals surface area (Å²) in [5.74, 6) is 5.52. The molecule has 1 heterocycles. The van der Waals surface area contributed by atoms with Crippen molar-refractivity contribution < 1.29 is 28.7 Å². The van der Waals surface area contributed by atoms with E-state index >= 15 is 0 Å². The summed E-state index contributed by atoms with van der Waals surface area (Å²) in [7, 11) is 0. The highest BCUT2D eigenvalue weighted by atomic mass is 16.6. The lowest BCUT2D eigenvalue weighted by Gasteiger charge is -2.31. The Balaban J connectivity index is 1.81. The van der Waals surface area contributed by atoms with Crippen LogP contribution in [-0.4, -0.2) is 40.5 Å². The minimum Gasteiger partial charge on any atom is -0.466 e. The molecule has 1 aliphatic rings. The van der Waals surface area contributed by atoms with E-state index in [1.165, 1.54) is 24.3 Å². The molecule has 3 aromatic rings. The van der Waals surface area contributed by atoms with Crippen LogP contribution in [0.3, 0.4) is 0 Å². The second-order valence-electron chi connectivity index (χ2n) is 9.15. The standard InChI is InChI=1S/C29H28N8O7/c1-3-41-25(38)15-22-26(37(39)40)27(36(33)29(35-22)43-21-12-17(2)11-19(14-21)34-28(31)32)44-24-13-18(16-30)9-10-23(24)42-20-7-5-4-6-8-20/h4-14,29H,3,15,33H2,1-2H3,(H4,31,32,34). The van der Waals surface area contributed by atoms with Crippen molar-refractivity contribution in [3.05, 3.63) is 99.6 Å². The summed E-state index contributed by atoms with van der Waals surface area (Å²) in [4.78, 5) is 32.3. The van der Waals surface area contributed by atoms with Crippen molar-refractivity contribution in [3.63, 3.8) is 0 Å². The van der Waals surface area contributed by atoms with Crippen molar-refractivity contribution in [2.45, 2.75) is 26.6 Å². The van der Waals surface area contributed by atoms with Crippen LogP contribution in [0.2, 0.25) is 0 Å². The number of benzene rings is 3. The number of nitrogens with zero attached hydrogens (tertiary/aromatic N) is 5. The van der Waals surface area contributed by atoms with Crippen LogP contribution in [0.4, 0.5) is 5.69 Å². The largest absolute Gasteiger partial charge is 0.466 e. The Morgan fingerprint density at radius 2 is 1.84 bits per heavy atom. The second-order valence-corrected chi connectivity index (χ2v) is 9.15. The van der Waals surface area contributed by atoms with E-state index in [1.807, 2.05) is 6.07 Å². The summed E-state index contributed by atoms with van der Waals surface area (Å²) < 4.78 is 23.0. The van der Waals surface area contributed by atoms with Crippen molar-refractivity contribution >= 4 is 23.3 Å². The molecule has 0 fully saturated rings. The molecule has 6 N–H and O–H groups in total. The highest BCUT2D eigenvalue weighted by Crippen LogP contribution is 2.36. The molecule has 0 amide bonds. The van der Waals surface area contributed by atoms with E-state index in [0.29, 0.717) is 17.0 Å². The van der Waals surface area contributed by atoms with Crippen LogP contribution >= 0.6 is 0 Å². The van der Waals surface area contributed by atoms with Crippen LogP contribution in [0.15, 0.2) is 88.3 Å². The van der Waals surface area contributed by atoms with Crippen LogP contribution in [-0.2, 0) is 9.53 Å².